The molecule has 0 aromatic heterocycles. The number of hydrogen-bond donors (Lipinski definition) is 1. The number of phenolic OH excluding ortho intramolecular Hbond substituents is 1. The Hall–Kier alpha value is -0.600. The molecular formula is C6H3Cl2O2-. The largest absolute Gasteiger partial charge is 0.869 e. The van der Waals surface area contributed by atoms with Gasteiger partial charge in [0, 0.05) is 5.02 Å². The molecule has 54 valence electrons. The Kier molecular flexibility index (Phi) is 1.92. The summed E-state index contributed by atoms with van der Waals surface area (Å²) in [5.74, 6) is -1.12. The van der Waals surface area contributed by atoms with Crippen molar-refractivity contribution in [3.8, 4) is 11.5 Å². The third-order valence-electron chi connectivity index (χ3n) is 1.03. The maximum atomic E-state index is 10.7. The van der Waals surface area contributed by atoms with Gasteiger partial charge >= 0.3 is 0 Å². The van der Waals surface area contributed by atoms with E-state index < -0.39 is 11.5 Å². The van der Waals surface area contributed by atoms with E-state index in [0.717, 1.165) is 0 Å². The lowest BCUT2D eigenvalue weighted by molar-refractivity contribution is -0.270. The van der Waals surface area contributed by atoms with Crippen molar-refractivity contribution in [2.75, 3.05) is 0 Å². The monoisotopic (exact) mass is 177 g/mol. The zero-order valence-corrected chi connectivity index (χ0v) is 6.28. The van der Waals surface area contributed by atoms with Gasteiger partial charge < -0.3 is 10.2 Å². The van der Waals surface area contributed by atoms with Gasteiger partial charge in [-0.05, 0) is 17.9 Å². The third-order valence-corrected chi connectivity index (χ3v) is 1.64. The Morgan fingerprint density at radius 2 is 1.70 bits per heavy atom. The van der Waals surface area contributed by atoms with E-state index in [1.165, 1.54) is 12.1 Å². The molecule has 1 rings (SSSR count). The average molecular weight is 178 g/mol. The van der Waals surface area contributed by atoms with Crippen LogP contribution in [0.2, 0.25) is 10.0 Å². The minimum atomic E-state index is -0.630. The molecule has 0 saturated carbocycles. The van der Waals surface area contributed by atoms with Crippen LogP contribution in [0.5, 0.6) is 11.5 Å². The summed E-state index contributed by atoms with van der Waals surface area (Å²) in [6.07, 6.45) is 0. The van der Waals surface area contributed by atoms with Gasteiger partial charge in [-0.1, -0.05) is 23.2 Å². The van der Waals surface area contributed by atoms with Crippen molar-refractivity contribution in [2.45, 2.75) is 0 Å². The number of rotatable bonds is 0. The van der Waals surface area contributed by atoms with Gasteiger partial charge in [-0.15, -0.1) is 0 Å². The van der Waals surface area contributed by atoms with Gasteiger partial charge in [0.25, 0.3) is 0 Å². The molecule has 0 amide bonds. The van der Waals surface area contributed by atoms with Crippen molar-refractivity contribution in [3.63, 3.8) is 0 Å². The van der Waals surface area contributed by atoms with Crippen molar-refractivity contribution >= 4 is 23.2 Å². The van der Waals surface area contributed by atoms with E-state index >= 15 is 0 Å². The zero-order valence-electron chi connectivity index (χ0n) is 4.77. The fraction of sp³-hybridized carbons (Fsp3) is 0. The van der Waals surface area contributed by atoms with Gasteiger partial charge in [0.2, 0.25) is 0 Å². The van der Waals surface area contributed by atoms with E-state index in [2.05, 4.69) is 0 Å². The van der Waals surface area contributed by atoms with E-state index in [9.17, 15) is 5.11 Å². The van der Waals surface area contributed by atoms with E-state index in [-0.39, 0.29) is 10.0 Å². The number of phenols is 1. The highest BCUT2D eigenvalue weighted by Gasteiger charge is 1.99. The average Bonchev–Trinajstić information content (AvgIpc) is 1.93. The first-order valence-corrected chi connectivity index (χ1v) is 3.22. The lowest BCUT2D eigenvalue weighted by Gasteiger charge is -2.10. The second kappa shape index (κ2) is 2.56. The summed E-state index contributed by atoms with van der Waals surface area (Å²) < 4.78 is 0. The Morgan fingerprint density at radius 1 is 1.20 bits per heavy atom. The summed E-state index contributed by atoms with van der Waals surface area (Å²) in [7, 11) is 0. The molecule has 2 nitrogen and oxygen atoms in total. The molecule has 0 aliphatic carbocycles. The van der Waals surface area contributed by atoms with Crippen molar-refractivity contribution < 1.29 is 10.2 Å². The predicted octanol–water partition coefficient (Wildman–Crippen LogP) is 1.77. The minimum Gasteiger partial charge on any atom is -0.869 e. The summed E-state index contributed by atoms with van der Waals surface area (Å²) in [6.45, 7) is 0. The molecule has 0 bridgehead atoms. The number of benzene rings is 1. The molecule has 0 heterocycles. The van der Waals surface area contributed by atoms with E-state index in [1.807, 2.05) is 0 Å². The van der Waals surface area contributed by atoms with Crippen LogP contribution in [0.1, 0.15) is 0 Å². The van der Waals surface area contributed by atoms with Gasteiger partial charge in [0.1, 0.15) is 5.75 Å². The lowest BCUT2D eigenvalue weighted by Crippen LogP contribution is -1.90. The van der Waals surface area contributed by atoms with E-state index in [4.69, 9.17) is 28.3 Å². The molecular weight excluding hydrogens is 175 g/mol. The Bertz CT molecular complexity index is 233. The van der Waals surface area contributed by atoms with Gasteiger partial charge in [-0.3, -0.25) is 0 Å². The summed E-state index contributed by atoms with van der Waals surface area (Å²) in [4.78, 5) is 0. The van der Waals surface area contributed by atoms with Crippen molar-refractivity contribution in [2.24, 2.45) is 0 Å². The highest BCUT2D eigenvalue weighted by atomic mass is 35.5. The molecule has 0 fully saturated rings. The van der Waals surface area contributed by atoms with Crippen LogP contribution in [0, 0.1) is 0 Å². The first kappa shape index (κ1) is 7.51. The summed E-state index contributed by atoms with van der Waals surface area (Å²) in [6, 6.07) is 2.70. The van der Waals surface area contributed by atoms with Crippen LogP contribution in [-0.2, 0) is 0 Å². The maximum absolute atomic E-state index is 10.7. The molecule has 1 aromatic carbocycles. The van der Waals surface area contributed by atoms with Gasteiger partial charge in [-0.25, -0.2) is 0 Å². The van der Waals surface area contributed by atoms with E-state index in [0.29, 0.717) is 0 Å². The minimum absolute atomic E-state index is 0.0226. The Morgan fingerprint density at radius 3 is 2.20 bits per heavy atom. The number of hydrogen-bond acceptors (Lipinski definition) is 2. The molecule has 0 aliphatic rings. The SMILES string of the molecule is [O-]c1c(Cl)ccc(Cl)c1O. The van der Waals surface area contributed by atoms with Crippen molar-refractivity contribution in [3.05, 3.63) is 22.2 Å². The quantitative estimate of drug-likeness (QED) is 0.657. The van der Waals surface area contributed by atoms with Crippen LogP contribution in [0.15, 0.2) is 12.1 Å². The van der Waals surface area contributed by atoms with Crippen molar-refractivity contribution in [1.82, 2.24) is 0 Å². The lowest BCUT2D eigenvalue weighted by atomic mass is 10.3. The van der Waals surface area contributed by atoms with Crippen LogP contribution in [0.4, 0.5) is 0 Å². The first-order chi connectivity index (χ1) is 4.63. The highest BCUT2D eigenvalue weighted by Crippen LogP contribution is 2.35. The fourth-order valence-electron chi connectivity index (χ4n) is 0.523. The third kappa shape index (κ3) is 1.13. The molecule has 4 heteroatoms. The topological polar surface area (TPSA) is 43.3 Å². The van der Waals surface area contributed by atoms with Crippen LogP contribution in [0.25, 0.3) is 0 Å². The second-order valence-electron chi connectivity index (χ2n) is 1.71. The van der Waals surface area contributed by atoms with Crippen LogP contribution in [-0.4, -0.2) is 5.11 Å². The summed E-state index contributed by atoms with van der Waals surface area (Å²) >= 11 is 10.7. The molecule has 0 atom stereocenters. The summed E-state index contributed by atoms with van der Waals surface area (Å²) in [5.41, 5.74) is 0. The molecule has 0 unspecified atom stereocenters. The molecule has 0 aliphatic heterocycles. The molecule has 1 aromatic rings. The second-order valence-corrected chi connectivity index (χ2v) is 2.52. The Balaban J connectivity index is 3.34. The predicted molar refractivity (Wildman–Crippen MR) is 37.6 cm³/mol. The molecule has 0 spiro atoms. The van der Waals surface area contributed by atoms with E-state index in [1.54, 1.807) is 0 Å². The molecule has 10 heavy (non-hydrogen) atoms. The smallest absolute Gasteiger partial charge is 0.127 e. The fourth-order valence-corrected chi connectivity index (χ4v) is 0.824. The van der Waals surface area contributed by atoms with Gasteiger partial charge in [0.05, 0.1) is 5.02 Å². The molecule has 0 saturated heterocycles. The van der Waals surface area contributed by atoms with Gasteiger partial charge in [0.15, 0.2) is 0 Å². The van der Waals surface area contributed by atoms with Crippen LogP contribution in [0.3, 0.4) is 0 Å². The highest BCUT2D eigenvalue weighted by molar-refractivity contribution is 6.35. The Labute approximate surface area is 67.6 Å². The molecule has 1 N–H and O–H groups in total. The van der Waals surface area contributed by atoms with Crippen LogP contribution >= 0.6 is 23.2 Å². The number of aromatic hydroxyl groups is 1. The normalized spacial score (nSPS) is 9.80. The number of halogens is 2. The summed E-state index contributed by atoms with van der Waals surface area (Å²) in [5, 5.41) is 19.6. The van der Waals surface area contributed by atoms with Crippen LogP contribution < -0.4 is 5.11 Å². The first-order valence-electron chi connectivity index (χ1n) is 2.47. The standard InChI is InChI=1S/C6H4Cl2O2/c7-3-1-2-4(8)6(10)5(3)9/h1-2,9-10H/p-1. The van der Waals surface area contributed by atoms with Gasteiger partial charge in [-0.2, -0.15) is 0 Å². The molecule has 0 radical (unpaired) electrons. The maximum Gasteiger partial charge on any atom is 0.127 e. The zero-order chi connectivity index (χ0) is 7.72. The van der Waals surface area contributed by atoms with Crippen molar-refractivity contribution in [1.29, 1.82) is 0 Å².